The molecule has 47 heavy (non-hydrogen) atoms. The molecule has 0 fully saturated rings. The number of hydrazone groups is 1. The topological polar surface area (TPSA) is 149 Å². The Morgan fingerprint density at radius 2 is 1.83 bits per heavy atom. The number of rotatable bonds is 15. The quantitative estimate of drug-likeness (QED) is 0.0732. The number of halogens is 2. The maximum Gasteiger partial charge on any atom is 0.337 e. The fourth-order valence-corrected chi connectivity index (χ4v) is 5.24. The fraction of sp³-hybridized carbons (Fsp3) is 0.303. The van der Waals surface area contributed by atoms with Crippen LogP contribution >= 0.6 is 15.9 Å². The van der Waals surface area contributed by atoms with Crippen molar-refractivity contribution in [1.29, 1.82) is 0 Å². The van der Waals surface area contributed by atoms with Crippen LogP contribution in [0.15, 0.2) is 75.4 Å². The lowest BCUT2D eigenvalue weighted by molar-refractivity contribution is -0.136. The van der Waals surface area contributed by atoms with Crippen molar-refractivity contribution in [2.45, 2.75) is 39.6 Å². The van der Waals surface area contributed by atoms with Gasteiger partial charge in [0.2, 0.25) is 0 Å². The molecule has 0 radical (unpaired) electrons. The molecule has 0 bridgehead atoms. The van der Waals surface area contributed by atoms with Gasteiger partial charge in [-0.25, -0.2) is 14.0 Å². The van der Waals surface area contributed by atoms with Crippen LogP contribution in [-0.2, 0) is 16.1 Å². The van der Waals surface area contributed by atoms with Crippen molar-refractivity contribution in [3.05, 3.63) is 92.8 Å². The predicted molar refractivity (Wildman–Crippen MR) is 175 cm³/mol. The summed E-state index contributed by atoms with van der Waals surface area (Å²) in [7, 11) is 1.27. The molecule has 0 unspecified atom stereocenters. The minimum absolute atomic E-state index is 0.144. The van der Waals surface area contributed by atoms with E-state index in [9.17, 15) is 19.1 Å². The molecule has 1 aliphatic rings. The minimum atomic E-state index is -1.19. The first-order chi connectivity index (χ1) is 22.6. The molecule has 1 aliphatic heterocycles. The van der Waals surface area contributed by atoms with E-state index in [2.05, 4.69) is 37.1 Å². The van der Waals surface area contributed by atoms with E-state index in [1.165, 1.54) is 25.5 Å². The summed E-state index contributed by atoms with van der Waals surface area (Å²) in [5.74, 6) is 0.676. The van der Waals surface area contributed by atoms with E-state index in [0.717, 1.165) is 0 Å². The Morgan fingerprint density at radius 1 is 1.06 bits per heavy atom. The smallest absolute Gasteiger partial charge is 0.337 e. The van der Waals surface area contributed by atoms with Gasteiger partial charge >= 0.3 is 12.0 Å². The van der Waals surface area contributed by atoms with Crippen molar-refractivity contribution in [3.8, 4) is 23.0 Å². The van der Waals surface area contributed by atoms with Gasteiger partial charge in [-0.2, -0.15) is 5.10 Å². The zero-order valence-corrected chi connectivity index (χ0v) is 27.9. The number of ether oxygens (including phenoxy) is 5. The molecule has 0 saturated carbocycles. The second-order valence-corrected chi connectivity index (χ2v) is 11.0. The van der Waals surface area contributed by atoms with Gasteiger partial charge in [0.15, 0.2) is 29.2 Å². The Labute approximate surface area is 280 Å². The number of allylic oxidation sites excluding steroid dienone is 1. The summed E-state index contributed by atoms with van der Waals surface area (Å²) >= 11 is 3.51. The summed E-state index contributed by atoms with van der Waals surface area (Å²) in [5.41, 5.74) is 5.14. The fourth-order valence-electron chi connectivity index (χ4n) is 4.67. The second kappa shape index (κ2) is 16.7. The molecule has 2 atom stereocenters. The summed E-state index contributed by atoms with van der Waals surface area (Å²) in [6.07, 6.45) is 0.305. The number of urea groups is 1. The lowest BCUT2D eigenvalue weighted by Crippen LogP contribution is -2.45. The van der Waals surface area contributed by atoms with Crippen LogP contribution in [0, 0.1) is 5.82 Å². The average molecular weight is 716 g/mol. The summed E-state index contributed by atoms with van der Waals surface area (Å²) < 4.78 is 42.3. The number of aliphatic hydroxyl groups excluding tert-OH is 1. The van der Waals surface area contributed by atoms with E-state index >= 15 is 0 Å². The molecule has 12 nitrogen and oxygen atoms in total. The predicted octanol–water partition coefficient (Wildman–Crippen LogP) is 5.09. The van der Waals surface area contributed by atoms with Crippen LogP contribution in [0.1, 0.15) is 43.5 Å². The third-order valence-corrected chi connectivity index (χ3v) is 7.30. The summed E-state index contributed by atoms with van der Waals surface area (Å²) in [5, 5.41) is 19.9. The number of amides is 2. The number of nitrogens with one attached hydrogen (secondary N) is 3. The molecule has 3 aromatic rings. The van der Waals surface area contributed by atoms with Crippen LogP contribution in [0.5, 0.6) is 23.0 Å². The molecule has 0 aromatic heterocycles. The number of aliphatic hydroxyl groups is 1. The molecular weight excluding hydrogens is 679 g/mol. The lowest BCUT2D eigenvalue weighted by Gasteiger charge is -2.28. The maximum atomic E-state index is 13.6. The molecule has 0 aliphatic carbocycles. The van der Waals surface area contributed by atoms with Crippen LogP contribution in [0.25, 0.3) is 0 Å². The molecule has 250 valence electrons. The van der Waals surface area contributed by atoms with Gasteiger partial charge in [0.05, 0.1) is 42.6 Å². The highest BCUT2D eigenvalue weighted by Crippen LogP contribution is 2.37. The van der Waals surface area contributed by atoms with Crippen LogP contribution in [0.4, 0.5) is 9.18 Å². The van der Waals surface area contributed by atoms with Gasteiger partial charge < -0.3 is 39.4 Å². The van der Waals surface area contributed by atoms with E-state index in [1.807, 2.05) is 6.92 Å². The average Bonchev–Trinajstić information content (AvgIpc) is 3.03. The SMILES string of the molecule is CCOc1cc([C@@H]2NC(=O)NC(C)=C2C(=O)OC)ccc1OC[C@@H](O)N/N=C\c1cc(Br)c(OCc2cccc(F)c2)c(OCC)c1. The van der Waals surface area contributed by atoms with E-state index < -0.39 is 24.3 Å². The van der Waals surface area contributed by atoms with Crippen molar-refractivity contribution in [3.63, 3.8) is 0 Å². The number of benzene rings is 3. The Kier molecular flexibility index (Phi) is 12.4. The van der Waals surface area contributed by atoms with Crippen molar-refractivity contribution < 1.29 is 42.8 Å². The first kappa shape index (κ1) is 35.0. The number of methoxy groups -OCH3 is 1. The number of nitrogens with zero attached hydrogens (tertiary/aromatic N) is 1. The van der Waals surface area contributed by atoms with Gasteiger partial charge in [-0.3, -0.25) is 5.43 Å². The largest absolute Gasteiger partial charge is 0.490 e. The third kappa shape index (κ3) is 9.36. The molecule has 0 saturated heterocycles. The van der Waals surface area contributed by atoms with Crippen LogP contribution < -0.4 is 35.0 Å². The zero-order chi connectivity index (χ0) is 33.9. The lowest BCUT2D eigenvalue weighted by atomic mass is 9.95. The van der Waals surface area contributed by atoms with E-state index in [1.54, 1.807) is 56.3 Å². The van der Waals surface area contributed by atoms with Crippen LogP contribution in [0.2, 0.25) is 0 Å². The highest BCUT2D eigenvalue weighted by atomic mass is 79.9. The van der Waals surface area contributed by atoms with Crippen molar-refractivity contribution in [1.82, 2.24) is 16.1 Å². The maximum absolute atomic E-state index is 13.6. The summed E-state index contributed by atoms with van der Waals surface area (Å²) in [4.78, 5) is 24.6. The van der Waals surface area contributed by atoms with E-state index in [0.29, 0.717) is 63.1 Å². The number of hydrogen-bond donors (Lipinski definition) is 4. The van der Waals surface area contributed by atoms with Gasteiger partial charge in [-0.05, 0) is 89.8 Å². The Balaban J connectivity index is 1.40. The molecule has 1 heterocycles. The van der Waals surface area contributed by atoms with Gasteiger partial charge in [0.1, 0.15) is 19.0 Å². The summed E-state index contributed by atoms with van der Waals surface area (Å²) in [6, 6.07) is 13.4. The zero-order valence-electron chi connectivity index (χ0n) is 26.3. The molecule has 0 spiro atoms. The number of carbonyl (C=O) groups is 2. The Morgan fingerprint density at radius 3 is 2.55 bits per heavy atom. The molecule has 4 N–H and O–H groups in total. The van der Waals surface area contributed by atoms with Gasteiger partial charge in [0, 0.05) is 5.70 Å². The van der Waals surface area contributed by atoms with Crippen molar-refractivity contribution >= 4 is 34.1 Å². The van der Waals surface area contributed by atoms with Crippen molar-refractivity contribution in [2.75, 3.05) is 26.9 Å². The standard InChI is InChI=1S/C33H36BrFN4O8/c1-5-44-26-15-22(30-29(32(41)43-4)19(3)37-33(42)38-30)10-11-25(26)46-18-28(40)39-36-16-21-13-24(34)31(27(14-21)45-6-2)47-17-20-8-7-9-23(35)12-20/h7-16,28,30,39-40H,5-6,17-18H2,1-4H3,(H2,37,38,42)/b36-16-/t28-,30+/m1/s1. The Hall–Kier alpha value is -4.82. The van der Waals surface area contributed by atoms with E-state index in [4.69, 9.17) is 23.7 Å². The monoisotopic (exact) mass is 714 g/mol. The second-order valence-electron chi connectivity index (χ2n) is 10.1. The molecule has 4 rings (SSSR count). The van der Waals surface area contributed by atoms with Crippen molar-refractivity contribution in [2.24, 2.45) is 5.10 Å². The Bertz CT molecular complexity index is 1650. The van der Waals surface area contributed by atoms with E-state index in [-0.39, 0.29) is 24.6 Å². The summed E-state index contributed by atoms with van der Waals surface area (Å²) in [6.45, 7) is 5.92. The molecule has 3 aromatic carbocycles. The normalized spacial score (nSPS) is 15.0. The highest BCUT2D eigenvalue weighted by Gasteiger charge is 2.32. The minimum Gasteiger partial charge on any atom is -0.490 e. The van der Waals surface area contributed by atoms with Gasteiger partial charge in [-0.15, -0.1) is 0 Å². The van der Waals surface area contributed by atoms with Crippen LogP contribution in [-0.4, -0.2) is 56.5 Å². The van der Waals surface area contributed by atoms with Crippen LogP contribution in [0.3, 0.4) is 0 Å². The molecule has 14 heteroatoms. The molecular formula is C33H36BrFN4O8. The first-order valence-electron chi connectivity index (χ1n) is 14.7. The first-order valence-corrected chi connectivity index (χ1v) is 15.5. The molecule has 2 amide bonds. The number of esters is 1. The van der Waals surface area contributed by atoms with Gasteiger partial charge in [0.25, 0.3) is 0 Å². The van der Waals surface area contributed by atoms with Gasteiger partial charge in [-0.1, -0.05) is 18.2 Å². The number of hydrogen-bond acceptors (Lipinski definition) is 10. The third-order valence-electron chi connectivity index (χ3n) is 6.71. The highest BCUT2D eigenvalue weighted by molar-refractivity contribution is 9.10. The number of carbonyl (C=O) groups excluding carboxylic acids is 2.